The third kappa shape index (κ3) is 3.91. The Kier molecular flexibility index (Phi) is 4.42. The molecule has 1 fully saturated rings. The first kappa shape index (κ1) is 14.3. The molecule has 1 aliphatic heterocycles. The molecule has 2 N–H and O–H groups in total. The molecule has 1 saturated heterocycles. The Morgan fingerprint density at radius 2 is 2.26 bits per heavy atom. The lowest BCUT2D eigenvalue weighted by molar-refractivity contribution is -0.0328. The van der Waals surface area contributed by atoms with Crippen LogP contribution in [0, 0.1) is 6.92 Å². The van der Waals surface area contributed by atoms with Gasteiger partial charge in [0.15, 0.2) is 0 Å². The molecular weight excluding hydrogens is 240 g/mol. The number of aryl methyl sites for hydroxylation is 1. The minimum absolute atomic E-state index is 0.0142. The standard InChI is InChI=1S/C15H24N2O2/c1-11-4-5-14(13(17-11)7-9-16)18-10-12-6-8-15(2,3)19-12/h4-5,12H,6-10,16H2,1-3H3. The number of ether oxygens (including phenoxy) is 2. The number of nitrogens with two attached hydrogens (primary N) is 1. The highest BCUT2D eigenvalue weighted by molar-refractivity contribution is 5.29. The van der Waals surface area contributed by atoms with Crippen molar-refractivity contribution in [3.63, 3.8) is 0 Å². The molecule has 106 valence electrons. The molecule has 4 nitrogen and oxygen atoms in total. The first-order valence-electron chi connectivity index (χ1n) is 6.97. The smallest absolute Gasteiger partial charge is 0.140 e. The maximum Gasteiger partial charge on any atom is 0.140 e. The van der Waals surface area contributed by atoms with Gasteiger partial charge in [0.1, 0.15) is 12.4 Å². The van der Waals surface area contributed by atoms with E-state index in [1.54, 1.807) is 0 Å². The fourth-order valence-corrected chi connectivity index (χ4v) is 2.42. The fraction of sp³-hybridized carbons (Fsp3) is 0.667. The lowest BCUT2D eigenvalue weighted by Gasteiger charge is -2.20. The Bertz CT molecular complexity index is 432. The molecule has 1 aromatic heterocycles. The third-order valence-corrected chi connectivity index (χ3v) is 3.43. The minimum Gasteiger partial charge on any atom is -0.489 e. The van der Waals surface area contributed by atoms with E-state index in [2.05, 4.69) is 18.8 Å². The van der Waals surface area contributed by atoms with Crippen LogP contribution in [-0.4, -0.2) is 29.8 Å². The van der Waals surface area contributed by atoms with Crippen molar-refractivity contribution < 1.29 is 9.47 Å². The van der Waals surface area contributed by atoms with Crippen LogP contribution in [-0.2, 0) is 11.2 Å². The van der Waals surface area contributed by atoms with Gasteiger partial charge in [-0.05, 0) is 52.3 Å². The molecule has 4 heteroatoms. The van der Waals surface area contributed by atoms with Gasteiger partial charge in [0, 0.05) is 12.1 Å². The van der Waals surface area contributed by atoms with Crippen LogP contribution in [0.1, 0.15) is 38.1 Å². The van der Waals surface area contributed by atoms with Crippen LogP contribution in [0.3, 0.4) is 0 Å². The van der Waals surface area contributed by atoms with Crippen molar-refractivity contribution in [2.24, 2.45) is 5.73 Å². The second kappa shape index (κ2) is 5.88. The van der Waals surface area contributed by atoms with Crippen molar-refractivity contribution in [1.82, 2.24) is 4.98 Å². The van der Waals surface area contributed by atoms with Crippen molar-refractivity contribution >= 4 is 0 Å². The maximum atomic E-state index is 5.92. The molecule has 0 spiro atoms. The van der Waals surface area contributed by atoms with Gasteiger partial charge >= 0.3 is 0 Å². The van der Waals surface area contributed by atoms with Gasteiger partial charge in [-0.1, -0.05) is 0 Å². The maximum absolute atomic E-state index is 5.92. The van der Waals surface area contributed by atoms with Gasteiger partial charge in [-0.15, -0.1) is 0 Å². The van der Waals surface area contributed by atoms with E-state index < -0.39 is 0 Å². The van der Waals surface area contributed by atoms with Gasteiger partial charge in [0.2, 0.25) is 0 Å². The van der Waals surface area contributed by atoms with E-state index in [4.69, 9.17) is 15.2 Å². The van der Waals surface area contributed by atoms with E-state index in [0.717, 1.165) is 36.4 Å². The molecule has 2 rings (SSSR count). The minimum atomic E-state index is -0.0142. The first-order valence-corrected chi connectivity index (χ1v) is 6.97. The summed E-state index contributed by atoms with van der Waals surface area (Å²) in [6, 6.07) is 3.95. The lowest BCUT2D eigenvalue weighted by atomic mass is 10.1. The monoisotopic (exact) mass is 264 g/mol. The number of hydrogen-bond donors (Lipinski definition) is 1. The molecule has 1 aromatic rings. The van der Waals surface area contributed by atoms with Crippen LogP contribution in [0.2, 0.25) is 0 Å². The van der Waals surface area contributed by atoms with Crippen LogP contribution in [0.15, 0.2) is 12.1 Å². The summed E-state index contributed by atoms with van der Waals surface area (Å²) >= 11 is 0. The van der Waals surface area contributed by atoms with Crippen LogP contribution in [0.25, 0.3) is 0 Å². The summed E-state index contributed by atoms with van der Waals surface area (Å²) in [5, 5.41) is 0. The molecule has 0 amide bonds. The van der Waals surface area contributed by atoms with Crippen LogP contribution in [0.5, 0.6) is 5.75 Å². The Morgan fingerprint density at radius 1 is 1.47 bits per heavy atom. The molecular formula is C15H24N2O2. The van der Waals surface area contributed by atoms with E-state index in [9.17, 15) is 0 Å². The molecule has 1 unspecified atom stereocenters. The van der Waals surface area contributed by atoms with Crippen LogP contribution in [0.4, 0.5) is 0 Å². The summed E-state index contributed by atoms with van der Waals surface area (Å²) in [6.07, 6.45) is 3.07. The van der Waals surface area contributed by atoms with Crippen molar-refractivity contribution in [2.45, 2.75) is 51.7 Å². The quantitative estimate of drug-likeness (QED) is 0.886. The van der Waals surface area contributed by atoms with E-state index in [-0.39, 0.29) is 11.7 Å². The van der Waals surface area contributed by atoms with Gasteiger partial charge in [-0.25, -0.2) is 0 Å². The SMILES string of the molecule is Cc1ccc(OCC2CCC(C)(C)O2)c(CCN)n1. The highest BCUT2D eigenvalue weighted by Crippen LogP contribution is 2.30. The number of aromatic nitrogens is 1. The van der Waals surface area contributed by atoms with Gasteiger partial charge in [-0.2, -0.15) is 0 Å². The second-order valence-corrected chi connectivity index (χ2v) is 5.79. The Balaban J connectivity index is 1.96. The van der Waals surface area contributed by atoms with E-state index >= 15 is 0 Å². The summed E-state index contributed by atoms with van der Waals surface area (Å²) in [4.78, 5) is 4.49. The molecule has 0 radical (unpaired) electrons. The highest BCUT2D eigenvalue weighted by atomic mass is 16.6. The summed E-state index contributed by atoms with van der Waals surface area (Å²) in [5.41, 5.74) is 7.54. The average Bonchev–Trinajstić information content (AvgIpc) is 2.68. The predicted molar refractivity (Wildman–Crippen MR) is 75.4 cm³/mol. The third-order valence-electron chi connectivity index (χ3n) is 3.43. The molecule has 0 aliphatic carbocycles. The lowest BCUT2D eigenvalue weighted by Crippen LogP contribution is -2.24. The van der Waals surface area contributed by atoms with Gasteiger partial charge in [0.25, 0.3) is 0 Å². The second-order valence-electron chi connectivity index (χ2n) is 5.79. The highest BCUT2D eigenvalue weighted by Gasteiger charge is 2.32. The van der Waals surface area contributed by atoms with Crippen molar-refractivity contribution in [1.29, 1.82) is 0 Å². The predicted octanol–water partition coefficient (Wildman–Crippen LogP) is 2.23. The largest absolute Gasteiger partial charge is 0.489 e. The number of rotatable bonds is 5. The van der Waals surface area contributed by atoms with Crippen molar-refractivity contribution in [2.75, 3.05) is 13.2 Å². The Labute approximate surface area is 115 Å². The van der Waals surface area contributed by atoms with Gasteiger partial charge < -0.3 is 15.2 Å². The number of hydrogen-bond acceptors (Lipinski definition) is 4. The molecule has 0 bridgehead atoms. The summed E-state index contributed by atoms with van der Waals surface area (Å²) < 4.78 is 11.8. The fourth-order valence-electron chi connectivity index (χ4n) is 2.42. The zero-order chi connectivity index (χ0) is 13.9. The normalized spacial score (nSPS) is 21.6. The molecule has 0 aromatic carbocycles. The summed E-state index contributed by atoms with van der Waals surface area (Å²) in [6.45, 7) is 7.40. The number of nitrogens with zero attached hydrogens (tertiary/aromatic N) is 1. The van der Waals surface area contributed by atoms with Gasteiger partial charge in [0.05, 0.1) is 17.4 Å². The summed E-state index contributed by atoms with van der Waals surface area (Å²) in [7, 11) is 0. The zero-order valence-corrected chi connectivity index (χ0v) is 12.1. The van der Waals surface area contributed by atoms with E-state index in [1.165, 1.54) is 0 Å². The van der Waals surface area contributed by atoms with Crippen LogP contribution < -0.4 is 10.5 Å². The van der Waals surface area contributed by atoms with Gasteiger partial charge in [-0.3, -0.25) is 4.98 Å². The molecule has 2 heterocycles. The molecule has 19 heavy (non-hydrogen) atoms. The Morgan fingerprint density at radius 3 is 2.89 bits per heavy atom. The molecule has 1 atom stereocenters. The number of pyridine rings is 1. The zero-order valence-electron chi connectivity index (χ0n) is 12.1. The topological polar surface area (TPSA) is 57.4 Å². The molecule has 1 aliphatic rings. The van der Waals surface area contributed by atoms with E-state index in [0.29, 0.717) is 13.2 Å². The Hall–Kier alpha value is -1.13. The van der Waals surface area contributed by atoms with Crippen molar-refractivity contribution in [3.05, 3.63) is 23.5 Å². The molecule has 0 saturated carbocycles. The first-order chi connectivity index (χ1) is 9.00. The average molecular weight is 264 g/mol. The van der Waals surface area contributed by atoms with Crippen molar-refractivity contribution in [3.8, 4) is 5.75 Å². The van der Waals surface area contributed by atoms with Crippen LogP contribution >= 0.6 is 0 Å². The summed E-state index contributed by atoms with van der Waals surface area (Å²) in [5.74, 6) is 0.837. The van der Waals surface area contributed by atoms with E-state index in [1.807, 2.05) is 19.1 Å².